The van der Waals surface area contributed by atoms with Crippen molar-refractivity contribution in [1.82, 2.24) is 14.1 Å². The maximum Gasteiger partial charge on any atom is 0.248 e. The van der Waals surface area contributed by atoms with Crippen LogP contribution in [0, 0.1) is 5.92 Å². The average Bonchev–Trinajstić information content (AvgIpc) is 2.76. The lowest BCUT2D eigenvalue weighted by atomic mass is 10.2. The van der Waals surface area contributed by atoms with E-state index in [0.29, 0.717) is 26.2 Å². The summed E-state index contributed by atoms with van der Waals surface area (Å²) in [6.07, 6.45) is 1.48. The van der Waals surface area contributed by atoms with E-state index in [0.717, 1.165) is 0 Å². The maximum atomic E-state index is 12.7. The van der Waals surface area contributed by atoms with Crippen LogP contribution in [0.4, 0.5) is 5.82 Å². The summed E-state index contributed by atoms with van der Waals surface area (Å²) in [5.41, 5.74) is 5.73. The van der Waals surface area contributed by atoms with E-state index in [9.17, 15) is 8.42 Å². The van der Waals surface area contributed by atoms with Crippen LogP contribution >= 0.6 is 0 Å². The van der Waals surface area contributed by atoms with Gasteiger partial charge in [0.2, 0.25) is 10.0 Å². The number of rotatable bonds is 8. The molecule has 0 saturated carbocycles. The molecule has 0 radical (unpaired) electrons. The van der Waals surface area contributed by atoms with Gasteiger partial charge in [-0.15, -0.1) is 0 Å². The van der Waals surface area contributed by atoms with Gasteiger partial charge in [0.15, 0.2) is 5.82 Å². The van der Waals surface area contributed by atoms with Gasteiger partial charge in [-0.2, -0.15) is 9.40 Å². The van der Waals surface area contributed by atoms with E-state index >= 15 is 0 Å². The van der Waals surface area contributed by atoms with Gasteiger partial charge in [-0.1, -0.05) is 13.8 Å². The molecule has 2 N–H and O–H groups in total. The number of aromatic nitrogens is 2. The van der Waals surface area contributed by atoms with Crippen LogP contribution in [0.5, 0.6) is 0 Å². The molecule has 8 heteroatoms. The van der Waals surface area contributed by atoms with Crippen LogP contribution in [-0.2, 0) is 21.3 Å². The van der Waals surface area contributed by atoms with Crippen molar-refractivity contribution in [3.05, 3.63) is 6.20 Å². The number of hydrogen-bond donors (Lipinski definition) is 1. The van der Waals surface area contributed by atoms with Crippen molar-refractivity contribution in [1.29, 1.82) is 0 Å². The highest BCUT2D eigenvalue weighted by atomic mass is 32.2. The molecule has 20 heavy (non-hydrogen) atoms. The van der Waals surface area contributed by atoms with Gasteiger partial charge in [0.25, 0.3) is 0 Å². The first kappa shape index (κ1) is 16.9. The molecule has 7 nitrogen and oxygen atoms in total. The van der Waals surface area contributed by atoms with E-state index < -0.39 is 10.0 Å². The van der Waals surface area contributed by atoms with Crippen LogP contribution in [0.3, 0.4) is 0 Å². The van der Waals surface area contributed by atoms with E-state index in [4.69, 9.17) is 10.5 Å². The highest BCUT2D eigenvalue weighted by Crippen LogP contribution is 2.22. The van der Waals surface area contributed by atoms with Gasteiger partial charge in [0.1, 0.15) is 4.90 Å². The molecule has 0 unspecified atom stereocenters. The van der Waals surface area contributed by atoms with Crippen molar-refractivity contribution >= 4 is 15.8 Å². The fourth-order valence-corrected chi connectivity index (χ4v) is 3.48. The van der Waals surface area contributed by atoms with Gasteiger partial charge in [-0.25, -0.2) is 8.42 Å². The third-order valence-corrected chi connectivity index (χ3v) is 4.69. The Hall–Kier alpha value is -1.12. The lowest BCUT2D eigenvalue weighted by molar-refractivity contribution is 0.175. The molecule has 0 aliphatic rings. The minimum atomic E-state index is -3.64. The number of nitrogens with zero attached hydrogens (tertiary/aromatic N) is 3. The van der Waals surface area contributed by atoms with Crippen molar-refractivity contribution < 1.29 is 13.2 Å². The van der Waals surface area contributed by atoms with E-state index in [-0.39, 0.29) is 16.6 Å². The summed E-state index contributed by atoms with van der Waals surface area (Å²) in [5, 5.41) is 3.99. The Morgan fingerprint density at radius 2 is 2.15 bits per heavy atom. The number of aryl methyl sites for hydroxylation is 1. The van der Waals surface area contributed by atoms with Crippen molar-refractivity contribution in [2.75, 3.05) is 32.5 Å². The lowest BCUT2D eigenvalue weighted by Crippen LogP contribution is -2.36. The van der Waals surface area contributed by atoms with Gasteiger partial charge >= 0.3 is 0 Å². The summed E-state index contributed by atoms with van der Waals surface area (Å²) in [7, 11) is -2.10. The molecule has 1 rings (SSSR count). The summed E-state index contributed by atoms with van der Waals surface area (Å²) < 4.78 is 33.2. The fourth-order valence-electron chi connectivity index (χ4n) is 1.83. The first-order chi connectivity index (χ1) is 9.32. The van der Waals surface area contributed by atoms with Crippen molar-refractivity contribution in [2.24, 2.45) is 5.92 Å². The molecular formula is C12H24N4O3S. The summed E-state index contributed by atoms with van der Waals surface area (Å²) in [6.45, 7) is 7.44. The zero-order valence-electron chi connectivity index (χ0n) is 12.5. The summed E-state index contributed by atoms with van der Waals surface area (Å²) in [5.74, 6) is 0.252. The normalized spacial score (nSPS) is 12.5. The van der Waals surface area contributed by atoms with Gasteiger partial charge in [0, 0.05) is 32.9 Å². The van der Waals surface area contributed by atoms with Gasteiger partial charge in [-0.05, 0) is 12.8 Å². The molecule has 0 saturated heterocycles. The van der Waals surface area contributed by atoms with Crippen LogP contribution in [-0.4, -0.2) is 49.3 Å². The number of hydrogen-bond acceptors (Lipinski definition) is 5. The van der Waals surface area contributed by atoms with Crippen molar-refractivity contribution in [2.45, 2.75) is 32.2 Å². The van der Waals surface area contributed by atoms with Gasteiger partial charge in [0.05, 0.1) is 6.61 Å². The molecule has 0 atom stereocenters. The fraction of sp³-hybridized carbons (Fsp3) is 0.750. The molecule has 0 aliphatic heterocycles. The number of sulfonamides is 1. The quantitative estimate of drug-likeness (QED) is 0.766. The Bertz CT molecular complexity index is 525. The first-order valence-electron chi connectivity index (χ1n) is 6.64. The molecular weight excluding hydrogens is 280 g/mol. The average molecular weight is 304 g/mol. The summed E-state index contributed by atoms with van der Waals surface area (Å²) in [4.78, 5) is 0.0658. The van der Waals surface area contributed by atoms with Crippen LogP contribution in [0.1, 0.15) is 20.8 Å². The van der Waals surface area contributed by atoms with Gasteiger partial charge < -0.3 is 10.5 Å². The standard InChI is InChI=1S/C12H24N4O3S/c1-5-15-9-11(12(13)14-15)20(17,18)16(6-7-19-4)8-10(2)3/h9-10H,5-8H2,1-4H3,(H2,13,14). The number of anilines is 1. The molecule has 1 heterocycles. The number of nitrogen functional groups attached to an aromatic ring is 1. The number of methoxy groups -OCH3 is 1. The third kappa shape index (κ3) is 3.94. The summed E-state index contributed by atoms with van der Waals surface area (Å²) in [6, 6.07) is 0. The van der Waals surface area contributed by atoms with Crippen LogP contribution in [0.25, 0.3) is 0 Å². The molecule has 0 bridgehead atoms. The Morgan fingerprint density at radius 3 is 2.60 bits per heavy atom. The SMILES string of the molecule is CCn1cc(S(=O)(=O)N(CCOC)CC(C)C)c(N)n1. The van der Waals surface area contributed by atoms with E-state index in [1.807, 2.05) is 20.8 Å². The Morgan fingerprint density at radius 1 is 1.50 bits per heavy atom. The molecule has 116 valence electrons. The van der Waals surface area contributed by atoms with Crippen molar-refractivity contribution in [3.63, 3.8) is 0 Å². The molecule has 1 aromatic rings. The second kappa shape index (κ2) is 7.05. The Balaban J connectivity index is 3.10. The van der Waals surface area contributed by atoms with Crippen molar-refractivity contribution in [3.8, 4) is 0 Å². The molecule has 0 amide bonds. The highest BCUT2D eigenvalue weighted by molar-refractivity contribution is 7.89. The third-order valence-electron chi connectivity index (χ3n) is 2.81. The predicted molar refractivity (Wildman–Crippen MR) is 77.8 cm³/mol. The van der Waals surface area contributed by atoms with Crippen LogP contribution in [0.15, 0.2) is 11.1 Å². The molecule has 0 aliphatic carbocycles. The van der Waals surface area contributed by atoms with Gasteiger partial charge in [-0.3, -0.25) is 4.68 Å². The Labute approximate surface area is 120 Å². The maximum absolute atomic E-state index is 12.7. The number of ether oxygens (including phenoxy) is 1. The molecule has 0 spiro atoms. The first-order valence-corrected chi connectivity index (χ1v) is 8.08. The molecule has 0 aromatic carbocycles. The molecule has 1 aromatic heterocycles. The second-order valence-corrected chi connectivity index (χ2v) is 6.89. The molecule has 0 fully saturated rings. The van der Waals surface area contributed by atoms with E-state index in [1.54, 1.807) is 7.11 Å². The number of nitrogens with two attached hydrogens (primary N) is 1. The minimum Gasteiger partial charge on any atom is -0.383 e. The van der Waals surface area contributed by atoms with Crippen LogP contribution < -0.4 is 5.73 Å². The highest BCUT2D eigenvalue weighted by Gasteiger charge is 2.29. The zero-order valence-corrected chi connectivity index (χ0v) is 13.4. The van der Waals surface area contributed by atoms with E-state index in [2.05, 4.69) is 5.10 Å². The lowest BCUT2D eigenvalue weighted by Gasteiger charge is -2.23. The smallest absolute Gasteiger partial charge is 0.248 e. The zero-order chi connectivity index (χ0) is 15.3. The Kier molecular flexibility index (Phi) is 5.97. The monoisotopic (exact) mass is 304 g/mol. The topological polar surface area (TPSA) is 90.5 Å². The predicted octanol–water partition coefficient (Wildman–Crippen LogP) is 0.778. The second-order valence-electron chi connectivity index (χ2n) is 4.98. The van der Waals surface area contributed by atoms with Crippen LogP contribution in [0.2, 0.25) is 0 Å². The van der Waals surface area contributed by atoms with E-state index in [1.165, 1.54) is 15.2 Å². The largest absolute Gasteiger partial charge is 0.383 e. The minimum absolute atomic E-state index is 0.0398. The summed E-state index contributed by atoms with van der Waals surface area (Å²) >= 11 is 0.